The molecular weight excluding hydrogens is 358 g/mol. The SMILES string of the molecule is CC(C)(C)c1ccc(OCCNC(=O)CN2C(=O)N[C@](C)(C3CC3)C2=O)cc1. The highest BCUT2D eigenvalue weighted by Crippen LogP contribution is 2.42. The third kappa shape index (κ3) is 4.29. The lowest BCUT2D eigenvalue weighted by Gasteiger charge is -2.20. The molecule has 1 heterocycles. The summed E-state index contributed by atoms with van der Waals surface area (Å²) >= 11 is 0. The summed E-state index contributed by atoms with van der Waals surface area (Å²) < 4.78 is 5.63. The minimum absolute atomic E-state index is 0.0847. The smallest absolute Gasteiger partial charge is 0.325 e. The van der Waals surface area contributed by atoms with Crippen molar-refractivity contribution in [2.45, 2.75) is 51.5 Å². The zero-order valence-electron chi connectivity index (χ0n) is 17.0. The quantitative estimate of drug-likeness (QED) is 0.555. The van der Waals surface area contributed by atoms with Crippen LogP contribution in [0, 0.1) is 5.92 Å². The van der Waals surface area contributed by atoms with Gasteiger partial charge >= 0.3 is 6.03 Å². The maximum atomic E-state index is 12.5. The molecule has 0 radical (unpaired) electrons. The van der Waals surface area contributed by atoms with E-state index in [9.17, 15) is 14.4 Å². The molecule has 7 heteroatoms. The molecule has 1 saturated carbocycles. The lowest BCUT2D eigenvalue weighted by molar-refractivity contribution is -0.135. The van der Waals surface area contributed by atoms with Gasteiger partial charge in [0, 0.05) is 0 Å². The first-order valence-corrected chi connectivity index (χ1v) is 9.75. The summed E-state index contributed by atoms with van der Waals surface area (Å²) in [4.78, 5) is 37.7. The van der Waals surface area contributed by atoms with Crippen LogP contribution in [0.1, 0.15) is 46.1 Å². The van der Waals surface area contributed by atoms with Crippen LogP contribution in [-0.2, 0) is 15.0 Å². The summed E-state index contributed by atoms with van der Waals surface area (Å²) in [6.45, 7) is 8.52. The molecule has 2 aliphatic rings. The summed E-state index contributed by atoms with van der Waals surface area (Å²) in [6.07, 6.45) is 1.85. The molecule has 1 saturated heterocycles. The van der Waals surface area contributed by atoms with E-state index in [1.165, 1.54) is 5.56 Å². The zero-order valence-corrected chi connectivity index (χ0v) is 17.0. The van der Waals surface area contributed by atoms with Crippen molar-refractivity contribution in [3.63, 3.8) is 0 Å². The molecule has 28 heavy (non-hydrogen) atoms. The van der Waals surface area contributed by atoms with Crippen molar-refractivity contribution in [2.24, 2.45) is 5.92 Å². The third-order valence-corrected chi connectivity index (χ3v) is 5.41. The van der Waals surface area contributed by atoms with Gasteiger partial charge in [-0.25, -0.2) is 4.79 Å². The molecule has 2 fully saturated rings. The molecule has 0 unspecified atom stereocenters. The van der Waals surface area contributed by atoms with E-state index >= 15 is 0 Å². The molecule has 0 bridgehead atoms. The van der Waals surface area contributed by atoms with Crippen LogP contribution >= 0.6 is 0 Å². The second-order valence-electron chi connectivity index (χ2n) is 8.77. The Morgan fingerprint density at radius 2 is 1.89 bits per heavy atom. The van der Waals surface area contributed by atoms with E-state index in [0.29, 0.717) is 13.2 Å². The summed E-state index contributed by atoms with van der Waals surface area (Å²) in [6, 6.07) is 7.39. The Balaban J connectivity index is 1.41. The van der Waals surface area contributed by atoms with Crippen molar-refractivity contribution >= 4 is 17.8 Å². The largest absolute Gasteiger partial charge is 0.492 e. The monoisotopic (exact) mass is 387 g/mol. The van der Waals surface area contributed by atoms with Crippen molar-refractivity contribution in [3.8, 4) is 5.75 Å². The summed E-state index contributed by atoms with van der Waals surface area (Å²) in [5.41, 5.74) is 0.445. The average Bonchev–Trinajstić information content (AvgIpc) is 3.45. The maximum absolute atomic E-state index is 12.5. The predicted molar refractivity (Wildman–Crippen MR) is 105 cm³/mol. The number of amides is 4. The van der Waals surface area contributed by atoms with Gasteiger partial charge in [0.2, 0.25) is 5.91 Å². The Labute approximate surface area is 165 Å². The molecule has 7 nitrogen and oxygen atoms in total. The van der Waals surface area contributed by atoms with E-state index in [0.717, 1.165) is 23.5 Å². The number of nitrogens with one attached hydrogen (secondary N) is 2. The van der Waals surface area contributed by atoms with E-state index in [-0.39, 0.29) is 29.7 Å². The van der Waals surface area contributed by atoms with Crippen LogP contribution in [0.15, 0.2) is 24.3 Å². The number of carbonyl (C=O) groups excluding carboxylic acids is 3. The molecule has 3 rings (SSSR count). The normalized spacial score (nSPS) is 22.2. The van der Waals surface area contributed by atoms with Gasteiger partial charge in [-0.3, -0.25) is 14.5 Å². The molecule has 4 amide bonds. The van der Waals surface area contributed by atoms with E-state index in [1.807, 2.05) is 24.3 Å². The number of rotatable bonds is 7. The maximum Gasteiger partial charge on any atom is 0.325 e. The molecule has 0 spiro atoms. The van der Waals surface area contributed by atoms with Gasteiger partial charge in [-0.2, -0.15) is 0 Å². The molecule has 0 aromatic heterocycles. The number of carbonyl (C=O) groups is 3. The molecule has 1 aliphatic carbocycles. The minimum atomic E-state index is -0.861. The van der Waals surface area contributed by atoms with Gasteiger partial charge in [-0.05, 0) is 48.8 Å². The van der Waals surface area contributed by atoms with Gasteiger partial charge in [0.25, 0.3) is 5.91 Å². The second kappa shape index (κ2) is 7.45. The highest BCUT2D eigenvalue weighted by atomic mass is 16.5. The number of urea groups is 1. The Morgan fingerprint density at radius 1 is 1.25 bits per heavy atom. The van der Waals surface area contributed by atoms with Crippen molar-refractivity contribution in [2.75, 3.05) is 19.7 Å². The van der Waals surface area contributed by atoms with Gasteiger partial charge in [0.05, 0.1) is 6.54 Å². The number of hydrogen-bond donors (Lipinski definition) is 2. The third-order valence-electron chi connectivity index (χ3n) is 5.41. The van der Waals surface area contributed by atoms with E-state index in [1.54, 1.807) is 6.92 Å². The first kappa shape index (κ1) is 20.2. The summed E-state index contributed by atoms with van der Waals surface area (Å²) in [5.74, 6) is 0.215. The van der Waals surface area contributed by atoms with Crippen molar-refractivity contribution in [1.82, 2.24) is 15.5 Å². The van der Waals surface area contributed by atoms with Gasteiger partial charge in [-0.15, -0.1) is 0 Å². The van der Waals surface area contributed by atoms with E-state index < -0.39 is 11.6 Å². The Hall–Kier alpha value is -2.57. The first-order valence-electron chi connectivity index (χ1n) is 9.75. The first-order chi connectivity index (χ1) is 13.1. The molecule has 152 valence electrons. The Bertz CT molecular complexity index is 765. The summed E-state index contributed by atoms with van der Waals surface area (Å²) in [7, 11) is 0. The number of hydrogen-bond acceptors (Lipinski definition) is 4. The molecular formula is C21H29N3O4. The van der Waals surface area contributed by atoms with Crippen LogP contribution in [0.25, 0.3) is 0 Å². The molecule has 1 atom stereocenters. The zero-order chi connectivity index (χ0) is 20.5. The van der Waals surface area contributed by atoms with E-state index in [4.69, 9.17) is 4.74 Å². The molecule has 2 N–H and O–H groups in total. The number of ether oxygens (including phenoxy) is 1. The minimum Gasteiger partial charge on any atom is -0.492 e. The predicted octanol–water partition coefficient (Wildman–Crippen LogP) is 2.20. The van der Waals surface area contributed by atoms with Crippen LogP contribution in [0.2, 0.25) is 0 Å². The Kier molecular flexibility index (Phi) is 5.37. The van der Waals surface area contributed by atoms with Crippen LogP contribution in [0.3, 0.4) is 0 Å². The van der Waals surface area contributed by atoms with E-state index in [2.05, 4.69) is 31.4 Å². The Morgan fingerprint density at radius 3 is 2.46 bits per heavy atom. The average molecular weight is 387 g/mol. The summed E-state index contributed by atoms with van der Waals surface area (Å²) in [5, 5.41) is 5.42. The lowest BCUT2D eigenvalue weighted by atomic mass is 9.87. The van der Waals surface area contributed by atoms with Crippen molar-refractivity contribution in [3.05, 3.63) is 29.8 Å². The number of benzene rings is 1. The lowest BCUT2D eigenvalue weighted by Crippen LogP contribution is -2.47. The van der Waals surface area contributed by atoms with Crippen LogP contribution in [0.5, 0.6) is 5.75 Å². The van der Waals surface area contributed by atoms with Crippen molar-refractivity contribution in [1.29, 1.82) is 0 Å². The van der Waals surface area contributed by atoms with Crippen LogP contribution < -0.4 is 15.4 Å². The van der Waals surface area contributed by atoms with Gasteiger partial charge < -0.3 is 15.4 Å². The molecule has 1 aromatic carbocycles. The standard InChI is InChI=1S/C21H29N3O4/c1-20(2,3)14-7-9-16(10-8-14)28-12-11-22-17(25)13-24-18(26)21(4,15-5-6-15)23-19(24)27/h7-10,15H,5-6,11-13H2,1-4H3,(H,22,25)(H,23,27)/t21-/m1/s1. The van der Waals surface area contributed by atoms with Gasteiger partial charge in [0.15, 0.2) is 0 Å². The number of imide groups is 1. The fourth-order valence-electron chi connectivity index (χ4n) is 3.41. The van der Waals surface area contributed by atoms with Crippen LogP contribution in [-0.4, -0.2) is 48.0 Å². The number of nitrogens with zero attached hydrogens (tertiary/aromatic N) is 1. The van der Waals surface area contributed by atoms with Crippen LogP contribution in [0.4, 0.5) is 4.79 Å². The van der Waals surface area contributed by atoms with Gasteiger partial charge in [0.1, 0.15) is 24.4 Å². The fraction of sp³-hybridized carbons (Fsp3) is 0.571. The van der Waals surface area contributed by atoms with Crippen molar-refractivity contribution < 1.29 is 19.1 Å². The molecule has 1 aromatic rings. The second-order valence-corrected chi connectivity index (χ2v) is 8.77. The highest BCUT2D eigenvalue weighted by Gasteiger charge is 2.56. The topological polar surface area (TPSA) is 87.7 Å². The highest BCUT2D eigenvalue weighted by molar-refractivity contribution is 6.09. The fourth-order valence-corrected chi connectivity index (χ4v) is 3.41. The van der Waals surface area contributed by atoms with Gasteiger partial charge in [-0.1, -0.05) is 32.9 Å². The molecule has 1 aliphatic heterocycles.